The van der Waals surface area contributed by atoms with Gasteiger partial charge >= 0.3 is 0 Å². The predicted octanol–water partition coefficient (Wildman–Crippen LogP) is 4.12. The monoisotopic (exact) mass is 293 g/mol. The van der Waals surface area contributed by atoms with Crippen LogP contribution in [0.4, 0.5) is 0 Å². The van der Waals surface area contributed by atoms with Crippen molar-refractivity contribution < 1.29 is 4.74 Å². The third kappa shape index (κ3) is 2.38. The van der Waals surface area contributed by atoms with Gasteiger partial charge in [0.25, 0.3) is 0 Å². The van der Waals surface area contributed by atoms with E-state index in [2.05, 4.69) is 38.2 Å². The number of hydrogen-bond donors (Lipinski definition) is 1. The van der Waals surface area contributed by atoms with Crippen LogP contribution in [0.3, 0.4) is 0 Å². The van der Waals surface area contributed by atoms with Crippen LogP contribution < -0.4 is 5.32 Å². The van der Waals surface area contributed by atoms with Crippen molar-refractivity contribution in [2.75, 3.05) is 6.61 Å². The van der Waals surface area contributed by atoms with Crippen LogP contribution in [0, 0.1) is 5.41 Å². The summed E-state index contributed by atoms with van der Waals surface area (Å²) in [5, 5.41) is 4.70. The Morgan fingerprint density at radius 1 is 1.40 bits per heavy atom. The van der Waals surface area contributed by atoms with Gasteiger partial charge < -0.3 is 10.1 Å². The molecule has 20 heavy (non-hydrogen) atoms. The summed E-state index contributed by atoms with van der Waals surface area (Å²) in [6.45, 7) is 7.51. The summed E-state index contributed by atoms with van der Waals surface area (Å²) >= 11 is 6.08. The molecule has 2 aliphatic rings. The van der Waals surface area contributed by atoms with E-state index in [0.717, 1.165) is 24.5 Å². The molecule has 1 aromatic carbocycles. The highest BCUT2D eigenvalue weighted by molar-refractivity contribution is 6.30. The summed E-state index contributed by atoms with van der Waals surface area (Å²) in [4.78, 5) is 0. The first-order valence-corrected chi connectivity index (χ1v) is 8.06. The summed E-state index contributed by atoms with van der Waals surface area (Å²) in [5.74, 6) is 0. The van der Waals surface area contributed by atoms with E-state index in [1.165, 1.54) is 17.5 Å². The number of ether oxygens (including phenoxy) is 1. The number of nitrogens with one attached hydrogen (secondary N) is 1. The molecular weight excluding hydrogens is 270 g/mol. The molecule has 0 amide bonds. The second kappa shape index (κ2) is 5.32. The molecule has 2 nitrogen and oxygen atoms in total. The van der Waals surface area contributed by atoms with Gasteiger partial charge in [-0.1, -0.05) is 31.5 Å². The lowest BCUT2D eigenvalue weighted by Crippen LogP contribution is -2.61. The second-order valence-corrected chi connectivity index (χ2v) is 7.09. The lowest BCUT2D eigenvalue weighted by molar-refractivity contribution is -0.116. The first-order valence-electron chi connectivity index (χ1n) is 7.68. The lowest BCUT2D eigenvalue weighted by Gasteiger charge is -2.52. The van der Waals surface area contributed by atoms with Crippen LogP contribution in [0.5, 0.6) is 0 Å². The number of fused-ring (bicyclic) bond motifs is 1. The molecule has 1 N–H and O–H groups in total. The molecule has 0 saturated heterocycles. The van der Waals surface area contributed by atoms with E-state index in [1.807, 2.05) is 6.07 Å². The minimum atomic E-state index is 0.227. The molecule has 2 aliphatic carbocycles. The SMILES string of the molecule is CCOC1CC(NC2CCc3cc(Cl)ccc32)C1(C)C. The van der Waals surface area contributed by atoms with Crippen molar-refractivity contribution in [2.45, 2.75) is 58.2 Å². The average Bonchev–Trinajstić information content (AvgIpc) is 2.80. The maximum Gasteiger partial charge on any atom is 0.0655 e. The Labute approximate surface area is 126 Å². The first kappa shape index (κ1) is 14.4. The Balaban J connectivity index is 1.67. The van der Waals surface area contributed by atoms with Gasteiger partial charge in [-0.25, -0.2) is 0 Å². The summed E-state index contributed by atoms with van der Waals surface area (Å²) in [6, 6.07) is 7.34. The van der Waals surface area contributed by atoms with E-state index in [9.17, 15) is 0 Å². The molecular formula is C17H24ClNO. The van der Waals surface area contributed by atoms with Crippen molar-refractivity contribution in [3.05, 3.63) is 34.3 Å². The molecule has 3 rings (SSSR count). The van der Waals surface area contributed by atoms with Crippen molar-refractivity contribution >= 4 is 11.6 Å². The maximum absolute atomic E-state index is 6.08. The van der Waals surface area contributed by atoms with Gasteiger partial charge in [-0.05, 0) is 49.4 Å². The fourth-order valence-electron chi connectivity index (χ4n) is 3.65. The van der Waals surface area contributed by atoms with Crippen LogP contribution in [-0.2, 0) is 11.2 Å². The molecule has 1 aromatic rings. The Morgan fingerprint density at radius 2 is 2.20 bits per heavy atom. The number of benzene rings is 1. The van der Waals surface area contributed by atoms with Crippen LogP contribution in [-0.4, -0.2) is 18.8 Å². The number of halogens is 1. The van der Waals surface area contributed by atoms with E-state index < -0.39 is 0 Å². The van der Waals surface area contributed by atoms with E-state index in [1.54, 1.807) is 0 Å². The third-order valence-corrected chi connectivity index (χ3v) is 5.37. The van der Waals surface area contributed by atoms with Gasteiger partial charge in [0.05, 0.1) is 6.10 Å². The molecule has 3 heteroatoms. The van der Waals surface area contributed by atoms with E-state index in [0.29, 0.717) is 18.2 Å². The number of aryl methyl sites for hydroxylation is 1. The fraction of sp³-hybridized carbons (Fsp3) is 0.647. The van der Waals surface area contributed by atoms with Crippen molar-refractivity contribution in [1.29, 1.82) is 0 Å². The van der Waals surface area contributed by atoms with Gasteiger partial charge in [-0.15, -0.1) is 0 Å². The summed E-state index contributed by atoms with van der Waals surface area (Å²) in [7, 11) is 0. The molecule has 110 valence electrons. The molecule has 0 radical (unpaired) electrons. The fourth-order valence-corrected chi connectivity index (χ4v) is 3.85. The van der Waals surface area contributed by atoms with Crippen LogP contribution in [0.15, 0.2) is 18.2 Å². The van der Waals surface area contributed by atoms with Gasteiger partial charge in [-0.2, -0.15) is 0 Å². The van der Waals surface area contributed by atoms with Crippen LogP contribution in [0.25, 0.3) is 0 Å². The molecule has 0 bridgehead atoms. The van der Waals surface area contributed by atoms with Crippen LogP contribution in [0.2, 0.25) is 5.02 Å². The normalized spacial score (nSPS) is 30.9. The van der Waals surface area contributed by atoms with Crippen LogP contribution in [0.1, 0.15) is 50.8 Å². The molecule has 3 atom stereocenters. The Kier molecular flexibility index (Phi) is 3.83. The van der Waals surface area contributed by atoms with Crippen molar-refractivity contribution in [2.24, 2.45) is 5.41 Å². The van der Waals surface area contributed by atoms with E-state index >= 15 is 0 Å². The number of rotatable bonds is 4. The third-order valence-electron chi connectivity index (χ3n) is 5.13. The molecule has 0 heterocycles. The smallest absolute Gasteiger partial charge is 0.0655 e. The van der Waals surface area contributed by atoms with Crippen molar-refractivity contribution in [1.82, 2.24) is 5.32 Å². The number of hydrogen-bond acceptors (Lipinski definition) is 2. The zero-order valence-corrected chi connectivity index (χ0v) is 13.3. The highest BCUT2D eigenvalue weighted by Gasteiger charge is 2.49. The average molecular weight is 294 g/mol. The highest BCUT2D eigenvalue weighted by Crippen LogP contribution is 2.45. The predicted molar refractivity (Wildman–Crippen MR) is 83.2 cm³/mol. The van der Waals surface area contributed by atoms with Gasteiger partial charge in [0.2, 0.25) is 0 Å². The van der Waals surface area contributed by atoms with Gasteiger partial charge in [0.15, 0.2) is 0 Å². The molecule has 0 aromatic heterocycles. The molecule has 0 aliphatic heterocycles. The molecule has 1 fully saturated rings. The summed E-state index contributed by atoms with van der Waals surface area (Å²) in [6.07, 6.45) is 3.84. The maximum atomic E-state index is 6.08. The van der Waals surface area contributed by atoms with Crippen LogP contribution >= 0.6 is 11.6 Å². The first-order chi connectivity index (χ1) is 9.52. The minimum absolute atomic E-state index is 0.227. The van der Waals surface area contributed by atoms with Crippen molar-refractivity contribution in [3.8, 4) is 0 Å². The second-order valence-electron chi connectivity index (χ2n) is 6.65. The minimum Gasteiger partial charge on any atom is -0.378 e. The van der Waals surface area contributed by atoms with Gasteiger partial charge in [0.1, 0.15) is 0 Å². The summed E-state index contributed by atoms with van der Waals surface area (Å²) in [5.41, 5.74) is 3.07. The quantitative estimate of drug-likeness (QED) is 0.901. The van der Waals surface area contributed by atoms with E-state index in [4.69, 9.17) is 16.3 Å². The lowest BCUT2D eigenvalue weighted by atomic mass is 9.64. The van der Waals surface area contributed by atoms with Gasteiger partial charge in [-0.3, -0.25) is 0 Å². The van der Waals surface area contributed by atoms with Crippen molar-refractivity contribution in [3.63, 3.8) is 0 Å². The van der Waals surface area contributed by atoms with Gasteiger partial charge in [0, 0.05) is 29.1 Å². The zero-order valence-electron chi connectivity index (χ0n) is 12.6. The topological polar surface area (TPSA) is 21.3 Å². The molecule has 1 saturated carbocycles. The molecule has 3 unspecified atom stereocenters. The standard InChI is InChI=1S/C17H24ClNO/c1-4-20-16-10-15(17(16,2)3)19-14-8-5-11-9-12(18)6-7-13(11)14/h6-7,9,14-16,19H,4-5,8,10H2,1-3H3. The summed E-state index contributed by atoms with van der Waals surface area (Å²) < 4.78 is 5.82. The zero-order chi connectivity index (χ0) is 14.3. The largest absolute Gasteiger partial charge is 0.378 e. The Hall–Kier alpha value is -0.570. The van der Waals surface area contributed by atoms with E-state index in [-0.39, 0.29) is 5.41 Å². The molecule has 0 spiro atoms. The Morgan fingerprint density at radius 3 is 2.90 bits per heavy atom. The highest BCUT2D eigenvalue weighted by atomic mass is 35.5. The Bertz CT molecular complexity index is 500.